The fraction of sp³-hybridized carbons (Fsp3) is 0.750. The van der Waals surface area contributed by atoms with Crippen LogP contribution in [0.4, 0.5) is 4.79 Å². The number of rotatable bonds is 1. The van der Waals surface area contributed by atoms with E-state index in [1.54, 1.807) is 20.8 Å². The molecule has 74 valence electrons. The molecule has 13 heavy (non-hydrogen) atoms. The highest BCUT2D eigenvalue weighted by atomic mass is 79.9. The Morgan fingerprint density at radius 3 is 2.54 bits per heavy atom. The Balaban J connectivity index is 2.88. The van der Waals surface area contributed by atoms with Crippen molar-refractivity contribution < 1.29 is 14.3 Å². The lowest BCUT2D eigenvalue weighted by molar-refractivity contribution is -0.129. The molecule has 2 amide bonds. The van der Waals surface area contributed by atoms with Gasteiger partial charge in [-0.15, -0.1) is 0 Å². The lowest BCUT2D eigenvalue weighted by Crippen LogP contribution is -2.48. The Labute approximate surface area is 85.4 Å². The van der Waals surface area contributed by atoms with E-state index in [4.69, 9.17) is 4.74 Å². The van der Waals surface area contributed by atoms with Crippen LogP contribution in [0.5, 0.6) is 0 Å². The molecule has 1 heterocycles. The molecule has 1 unspecified atom stereocenters. The fourth-order valence-electron chi connectivity index (χ4n) is 1.18. The van der Waals surface area contributed by atoms with E-state index in [0.717, 1.165) is 4.90 Å². The minimum absolute atomic E-state index is 0.257. The van der Waals surface area contributed by atoms with Gasteiger partial charge < -0.3 is 4.74 Å². The molecule has 0 N–H and O–H groups in total. The topological polar surface area (TPSA) is 46.6 Å². The Hall–Kier alpha value is -0.580. The minimum Gasteiger partial charge on any atom is -0.447 e. The van der Waals surface area contributed by atoms with Crippen molar-refractivity contribution in [1.82, 2.24) is 4.90 Å². The van der Waals surface area contributed by atoms with Crippen LogP contribution in [-0.4, -0.2) is 33.9 Å². The number of hydrogen-bond donors (Lipinski definition) is 0. The van der Waals surface area contributed by atoms with E-state index in [1.807, 2.05) is 0 Å². The summed E-state index contributed by atoms with van der Waals surface area (Å²) < 4.78 is 4.80. The van der Waals surface area contributed by atoms with Gasteiger partial charge in [-0.2, -0.15) is 0 Å². The van der Waals surface area contributed by atoms with Gasteiger partial charge >= 0.3 is 6.09 Å². The zero-order chi connectivity index (χ0) is 10.2. The molecule has 1 fully saturated rings. The number of imide groups is 1. The lowest BCUT2D eigenvalue weighted by Gasteiger charge is -2.26. The molecule has 0 saturated carbocycles. The van der Waals surface area contributed by atoms with Crippen molar-refractivity contribution in [3.05, 3.63) is 0 Å². The Bertz CT molecular complexity index is 250. The molecule has 1 aliphatic rings. The van der Waals surface area contributed by atoms with Gasteiger partial charge in [-0.25, -0.2) is 9.69 Å². The van der Waals surface area contributed by atoms with Crippen LogP contribution >= 0.6 is 15.9 Å². The highest BCUT2D eigenvalue weighted by molar-refractivity contribution is 9.10. The third-order valence-electron chi connectivity index (χ3n) is 1.90. The maximum atomic E-state index is 11.5. The minimum atomic E-state index is -0.554. The maximum Gasteiger partial charge on any atom is 0.417 e. The highest BCUT2D eigenvalue weighted by Crippen LogP contribution is 2.25. The number of halogens is 1. The second-order valence-electron chi connectivity index (χ2n) is 3.66. The van der Waals surface area contributed by atoms with Crippen LogP contribution in [-0.2, 0) is 9.53 Å². The molecular weight excluding hydrogens is 238 g/mol. The van der Waals surface area contributed by atoms with Crippen molar-refractivity contribution >= 4 is 27.9 Å². The lowest BCUT2D eigenvalue weighted by atomic mass is 10.1. The SMILES string of the molecule is CC(Br)C(=O)N1C(=O)OCC1(C)C. The van der Waals surface area contributed by atoms with Crippen LogP contribution in [0.25, 0.3) is 0 Å². The number of nitrogens with zero attached hydrogens (tertiary/aromatic N) is 1. The molecular formula is C8H12BrNO3. The third kappa shape index (κ3) is 1.85. The highest BCUT2D eigenvalue weighted by Gasteiger charge is 2.44. The van der Waals surface area contributed by atoms with Crippen LogP contribution in [0, 0.1) is 0 Å². The first-order valence-corrected chi connectivity index (χ1v) is 4.93. The predicted molar refractivity (Wildman–Crippen MR) is 50.7 cm³/mol. The summed E-state index contributed by atoms with van der Waals surface area (Å²) in [6.45, 7) is 5.54. The maximum absolute atomic E-state index is 11.5. The predicted octanol–water partition coefficient (Wildman–Crippen LogP) is 1.53. The molecule has 0 spiro atoms. The molecule has 0 aromatic heterocycles. The standard InChI is InChI=1S/C8H12BrNO3/c1-5(9)6(11)10-7(12)13-4-8(10,2)3/h5H,4H2,1-3H3. The first kappa shape index (κ1) is 10.5. The molecule has 1 aliphatic heterocycles. The second-order valence-corrected chi connectivity index (χ2v) is 5.03. The van der Waals surface area contributed by atoms with Gasteiger partial charge in [-0.1, -0.05) is 15.9 Å². The van der Waals surface area contributed by atoms with E-state index in [2.05, 4.69) is 15.9 Å². The number of carbonyl (C=O) groups is 2. The Kier molecular flexibility index (Phi) is 2.66. The summed E-state index contributed by atoms with van der Waals surface area (Å²) in [4.78, 5) is 23.5. The van der Waals surface area contributed by atoms with Crippen LogP contribution < -0.4 is 0 Å². The quantitative estimate of drug-likeness (QED) is 0.663. The molecule has 1 atom stereocenters. The Morgan fingerprint density at radius 2 is 2.23 bits per heavy atom. The first-order valence-electron chi connectivity index (χ1n) is 4.01. The van der Waals surface area contributed by atoms with Crippen molar-refractivity contribution in [3.8, 4) is 0 Å². The second kappa shape index (κ2) is 3.29. The van der Waals surface area contributed by atoms with Crippen LogP contribution in [0.2, 0.25) is 0 Å². The third-order valence-corrected chi connectivity index (χ3v) is 2.29. The summed E-state index contributed by atoms with van der Waals surface area (Å²) >= 11 is 3.13. The Morgan fingerprint density at radius 1 is 1.69 bits per heavy atom. The van der Waals surface area contributed by atoms with Gasteiger partial charge in [0.2, 0.25) is 5.91 Å². The summed E-state index contributed by atoms with van der Waals surface area (Å²) in [6, 6.07) is 0. The van der Waals surface area contributed by atoms with Crippen molar-refractivity contribution in [2.24, 2.45) is 0 Å². The molecule has 0 bridgehead atoms. The van der Waals surface area contributed by atoms with Gasteiger partial charge in [0.05, 0.1) is 10.4 Å². The fourth-order valence-corrected chi connectivity index (χ4v) is 1.39. The number of ether oxygens (including phenoxy) is 1. The zero-order valence-corrected chi connectivity index (χ0v) is 9.42. The number of alkyl halides is 1. The van der Waals surface area contributed by atoms with Gasteiger partial charge in [0.1, 0.15) is 6.61 Å². The number of carbonyl (C=O) groups excluding carboxylic acids is 2. The average Bonchev–Trinajstić information content (AvgIpc) is 2.25. The van der Waals surface area contributed by atoms with Gasteiger partial charge in [0.25, 0.3) is 0 Å². The zero-order valence-electron chi connectivity index (χ0n) is 7.83. The van der Waals surface area contributed by atoms with Crippen molar-refractivity contribution in [3.63, 3.8) is 0 Å². The van der Waals surface area contributed by atoms with Crippen molar-refractivity contribution in [2.75, 3.05) is 6.61 Å². The molecule has 0 aromatic rings. The smallest absolute Gasteiger partial charge is 0.417 e. The van der Waals surface area contributed by atoms with Crippen LogP contribution in [0.15, 0.2) is 0 Å². The number of cyclic esters (lactones) is 1. The molecule has 5 heteroatoms. The van der Waals surface area contributed by atoms with Crippen LogP contribution in [0.1, 0.15) is 20.8 Å². The molecule has 1 saturated heterocycles. The monoisotopic (exact) mass is 249 g/mol. The van der Waals surface area contributed by atoms with E-state index in [-0.39, 0.29) is 17.3 Å². The van der Waals surface area contributed by atoms with Gasteiger partial charge in [0.15, 0.2) is 0 Å². The average molecular weight is 250 g/mol. The summed E-state index contributed by atoms with van der Waals surface area (Å²) in [5.41, 5.74) is -0.532. The van der Waals surface area contributed by atoms with Crippen molar-refractivity contribution in [1.29, 1.82) is 0 Å². The number of amides is 2. The normalized spacial score (nSPS) is 22.8. The first-order chi connectivity index (χ1) is 5.86. The summed E-state index contributed by atoms with van der Waals surface area (Å²) in [5.74, 6) is -0.257. The summed E-state index contributed by atoms with van der Waals surface area (Å²) in [5, 5.41) is 0. The summed E-state index contributed by atoms with van der Waals surface area (Å²) in [6.07, 6.45) is -0.554. The van der Waals surface area contributed by atoms with Crippen LogP contribution in [0.3, 0.4) is 0 Å². The largest absolute Gasteiger partial charge is 0.447 e. The van der Waals surface area contributed by atoms with Gasteiger partial charge in [0, 0.05) is 0 Å². The van der Waals surface area contributed by atoms with Crippen molar-refractivity contribution in [2.45, 2.75) is 31.1 Å². The van der Waals surface area contributed by atoms with E-state index in [9.17, 15) is 9.59 Å². The molecule has 4 nitrogen and oxygen atoms in total. The molecule has 1 rings (SSSR count). The van der Waals surface area contributed by atoms with E-state index >= 15 is 0 Å². The van der Waals surface area contributed by atoms with Gasteiger partial charge in [-0.05, 0) is 20.8 Å². The molecule has 0 aliphatic carbocycles. The molecule has 0 aromatic carbocycles. The summed E-state index contributed by atoms with van der Waals surface area (Å²) in [7, 11) is 0. The van der Waals surface area contributed by atoms with E-state index < -0.39 is 11.6 Å². The van der Waals surface area contributed by atoms with E-state index in [1.165, 1.54) is 0 Å². The molecule has 0 radical (unpaired) electrons. The van der Waals surface area contributed by atoms with E-state index in [0.29, 0.717) is 0 Å². The van der Waals surface area contributed by atoms with Gasteiger partial charge in [-0.3, -0.25) is 4.79 Å². The number of hydrogen-bond acceptors (Lipinski definition) is 3.